The van der Waals surface area contributed by atoms with E-state index >= 15 is 0 Å². The smallest absolute Gasteiger partial charge is 0.269 e. The summed E-state index contributed by atoms with van der Waals surface area (Å²) in [5.74, 6) is -0.0521. The van der Waals surface area contributed by atoms with E-state index < -0.39 is 4.92 Å². The second-order valence-electron chi connectivity index (χ2n) is 5.84. The third-order valence-corrected chi connectivity index (χ3v) is 4.06. The fourth-order valence-corrected chi connectivity index (χ4v) is 2.58. The van der Waals surface area contributed by atoms with Gasteiger partial charge in [-0.3, -0.25) is 14.9 Å². The minimum atomic E-state index is -0.491. The number of carbonyl (C=O) groups is 1. The normalized spacial score (nSPS) is 10.9. The number of aromatic hydroxyl groups is 1. The van der Waals surface area contributed by atoms with Gasteiger partial charge in [0, 0.05) is 12.1 Å². The molecule has 0 spiro atoms. The zero-order chi connectivity index (χ0) is 20.3. The number of allylic oxidation sites excluding steroid dienone is 1. The van der Waals surface area contributed by atoms with Crippen molar-refractivity contribution in [2.24, 2.45) is 0 Å². The fourth-order valence-electron chi connectivity index (χ4n) is 2.58. The zero-order valence-corrected chi connectivity index (χ0v) is 15.1. The van der Waals surface area contributed by atoms with Crippen molar-refractivity contribution in [3.8, 4) is 17.2 Å². The Bertz CT molecular complexity index is 1070. The molecule has 0 unspecified atom stereocenters. The maximum atomic E-state index is 12.5. The van der Waals surface area contributed by atoms with Crippen molar-refractivity contribution in [2.75, 3.05) is 7.11 Å². The minimum Gasteiger partial charge on any atom is -0.504 e. The van der Waals surface area contributed by atoms with Crippen LogP contribution < -0.4 is 4.74 Å². The van der Waals surface area contributed by atoms with E-state index in [1.807, 2.05) is 0 Å². The summed E-state index contributed by atoms with van der Waals surface area (Å²) in [6.07, 6.45) is 2.88. The molecule has 0 saturated heterocycles. The number of rotatable bonds is 6. The van der Waals surface area contributed by atoms with E-state index in [0.717, 1.165) is 0 Å². The molecule has 9 heteroatoms. The Morgan fingerprint density at radius 3 is 2.57 bits per heavy atom. The monoisotopic (exact) mass is 380 g/mol. The quantitative estimate of drug-likeness (QED) is 0.302. The first-order valence-electron chi connectivity index (χ1n) is 8.17. The van der Waals surface area contributed by atoms with E-state index in [0.29, 0.717) is 22.7 Å². The number of nitro groups is 1. The number of aromatic nitrogens is 3. The number of nitrogens with zero attached hydrogens (tertiary/aromatic N) is 4. The van der Waals surface area contributed by atoms with Crippen LogP contribution in [0.3, 0.4) is 0 Å². The van der Waals surface area contributed by atoms with Gasteiger partial charge in [0.05, 0.1) is 23.4 Å². The number of ketones is 1. The van der Waals surface area contributed by atoms with Crippen LogP contribution >= 0.6 is 0 Å². The molecule has 0 saturated carbocycles. The molecule has 0 aliphatic carbocycles. The van der Waals surface area contributed by atoms with Crippen molar-refractivity contribution in [2.45, 2.75) is 6.92 Å². The lowest BCUT2D eigenvalue weighted by Crippen LogP contribution is -2.02. The number of non-ortho nitro benzene ring substituents is 1. The Kier molecular flexibility index (Phi) is 5.16. The summed E-state index contributed by atoms with van der Waals surface area (Å²) < 4.78 is 6.41. The van der Waals surface area contributed by atoms with Crippen LogP contribution in [-0.2, 0) is 0 Å². The number of phenolic OH excluding ortho intramolecular Hbond substituents is 1. The largest absolute Gasteiger partial charge is 0.504 e. The van der Waals surface area contributed by atoms with Crippen LogP contribution in [-0.4, -0.2) is 37.9 Å². The lowest BCUT2D eigenvalue weighted by molar-refractivity contribution is -0.384. The summed E-state index contributed by atoms with van der Waals surface area (Å²) in [4.78, 5) is 22.7. The van der Waals surface area contributed by atoms with Crippen LogP contribution in [0.5, 0.6) is 11.5 Å². The molecule has 1 heterocycles. The topological polar surface area (TPSA) is 120 Å². The SMILES string of the molecule is COc1ccc(/C=C/C(=O)c2nnn(-c3ccc([N+](=O)[O-])cc3)c2C)cc1O. The summed E-state index contributed by atoms with van der Waals surface area (Å²) in [5, 5.41) is 28.4. The van der Waals surface area contributed by atoms with Gasteiger partial charge in [-0.15, -0.1) is 5.10 Å². The molecule has 2 aromatic carbocycles. The molecular formula is C19H16N4O5. The van der Waals surface area contributed by atoms with Crippen molar-refractivity contribution in [3.05, 3.63) is 75.6 Å². The first-order chi connectivity index (χ1) is 13.4. The van der Waals surface area contributed by atoms with Gasteiger partial charge in [-0.05, 0) is 42.8 Å². The van der Waals surface area contributed by atoms with Crippen molar-refractivity contribution < 1.29 is 19.6 Å². The van der Waals surface area contributed by atoms with Crippen molar-refractivity contribution in [1.82, 2.24) is 15.0 Å². The van der Waals surface area contributed by atoms with Crippen molar-refractivity contribution in [3.63, 3.8) is 0 Å². The highest BCUT2D eigenvalue weighted by molar-refractivity contribution is 6.06. The van der Waals surface area contributed by atoms with E-state index in [1.165, 1.54) is 48.2 Å². The van der Waals surface area contributed by atoms with Gasteiger partial charge in [0.25, 0.3) is 5.69 Å². The van der Waals surface area contributed by atoms with Crippen LogP contribution in [0.2, 0.25) is 0 Å². The summed E-state index contributed by atoms with van der Waals surface area (Å²) in [7, 11) is 1.45. The summed E-state index contributed by atoms with van der Waals surface area (Å²) in [6, 6.07) is 10.5. The average Bonchev–Trinajstić information content (AvgIpc) is 3.07. The highest BCUT2D eigenvalue weighted by atomic mass is 16.6. The number of hydrogen-bond acceptors (Lipinski definition) is 7. The Balaban J connectivity index is 1.81. The molecule has 0 amide bonds. The lowest BCUT2D eigenvalue weighted by Gasteiger charge is -2.03. The molecular weight excluding hydrogens is 364 g/mol. The van der Waals surface area contributed by atoms with Crippen LogP contribution in [0.15, 0.2) is 48.5 Å². The molecule has 3 rings (SSSR count). The van der Waals surface area contributed by atoms with Crippen LogP contribution in [0.25, 0.3) is 11.8 Å². The second-order valence-corrected chi connectivity index (χ2v) is 5.84. The number of ether oxygens (including phenoxy) is 1. The maximum Gasteiger partial charge on any atom is 0.269 e. The first-order valence-corrected chi connectivity index (χ1v) is 8.17. The van der Waals surface area contributed by atoms with Gasteiger partial charge in [-0.1, -0.05) is 17.4 Å². The van der Waals surface area contributed by atoms with Crippen molar-refractivity contribution >= 4 is 17.5 Å². The van der Waals surface area contributed by atoms with Gasteiger partial charge in [0.15, 0.2) is 17.2 Å². The maximum absolute atomic E-state index is 12.5. The number of methoxy groups -OCH3 is 1. The molecule has 0 aliphatic heterocycles. The molecule has 142 valence electrons. The molecule has 28 heavy (non-hydrogen) atoms. The highest BCUT2D eigenvalue weighted by Crippen LogP contribution is 2.26. The molecule has 1 aromatic heterocycles. The third kappa shape index (κ3) is 3.73. The van der Waals surface area contributed by atoms with E-state index in [2.05, 4.69) is 10.3 Å². The van der Waals surface area contributed by atoms with Crippen LogP contribution in [0, 0.1) is 17.0 Å². The highest BCUT2D eigenvalue weighted by Gasteiger charge is 2.16. The van der Waals surface area contributed by atoms with E-state index in [-0.39, 0.29) is 22.9 Å². The Hall–Kier alpha value is -4.01. The van der Waals surface area contributed by atoms with Gasteiger partial charge >= 0.3 is 0 Å². The van der Waals surface area contributed by atoms with E-state index in [4.69, 9.17) is 4.74 Å². The molecule has 0 bridgehead atoms. The van der Waals surface area contributed by atoms with E-state index in [1.54, 1.807) is 25.1 Å². The fraction of sp³-hybridized carbons (Fsp3) is 0.105. The molecule has 0 aliphatic rings. The zero-order valence-electron chi connectivity index (χ0n) is 15.1. The predicted octanol–water partition coefficient (Wildman–Crippen LogP) is 3.09. The minimum absolute atomic E-state index is 0.0302. The summed E-state index contributed by atoms with van der Waals surface area (Å²) in [5.41, 5.74) is 1.79. The van der Waals surface area contributed by atoms with Gasteiger partial charge in [-0.2, -0.15) is 0 Å². The van der Waals surface area contributed by atoms with Crippen molar-refractivity contribution in [1.29, 1.82) is 0 Å². The Labute approximate surface area is 159 Å². The predicted molar refractivity (Wildman–Crippen MR) is 101 cm³/mol. The summed E-state index contributed by atoms with van der Waals surface area (Å²) in [6.45, 7) is 1.68. The number of phenols is 1. The molecule has 9 nitrogen and oxygen atoms in total. The number of carbonyl (C=O) groups excluding carboxylic acids is 1. The van der Waals surface area contributed by atoms with Gasteiger partial charge in [-0.25, -0.2) is 4.68 Å². The van der Waals surface area contributed by atoms with Crippen LogP contribution in [0.4, 0.5) is 5.69 Å². The first kappa shape index (κ1) is 18.8. The number of nitro benzene ring substituents is 1. The van der Waals surface area contributed by atoms with Gasteiger partial charge in [0.1, 0.15) is 0 Å². The average molecular weight is 380 g/mol. The van der Waals surface area contributed by atoms with Crippen LogP contribution in [0.1, 0.15) is 21.7 Å². The summed E-state index contributed by atoms with van der Waals surface area (Å²) >= 11 is 0. The molecule has 3 aromatic rings. The number of benzene rings is 2. The standard InChI is InChI=1S/C19H16N4O5/c1-12-19(16(24)9-3-13-4-10-18(28-2)17(25)11-13)20-21-22(12)14-5-7-15(8-6-14)23(26)27/h3-11,25H,1-2H3/b9-3+. The molecule has 0 atom stereocenters. The molecule has 0 fully saturated rings. The third-order valence-electron chi connectivity index (χ3n) is 4.06. The second kappa shape index (κ2) is 7.70. The Morgan fingerprint density at radius 1 is 1.25 bits per heavy atom. The van der Waals surface area contributed by atoms with Gasteiger partial charge < -0.3 is 9.84 Å². The Morgan fingerprint density at radius 2 is 1.96 bits per heavy atom. The number of hydrogen-bond donors (Lipinski definition) is 1. The van der Waals surface area contributed by atoms with E-state index in [9.17, 15) is 20.0 Å². The lowest BCUT2D eigenvalue weighted by atomic mass is 10.1. The molecule has 0 radical (unpaired) electrons. The van der Waals surface area contributed by atoms with Gasteiger partial charge in [0.2, 0.25) is 5.78 Å². The molecule has 1 N–H and O–H groups in total.